The molecule has 0 fully saturated rings. The van der Waals surface area contributed by atoms with Crippen LogP contribution in [0.25, 0.3) is 17.1 Å². The van der Waals surface area contributed by atoms with Gasteiger partial charge < -0.3 is 14.8 Å². The van der Waals surface area contributed by atoms with Gasteiger partial charge in [-0.1, -0.05) is 30.3 Å². The van der Waals surface area contributed by atoms with Crippen molar-refractivity contribution < 1.29 is 22.6 Å². The number of benzene rings is 3. The molecule has 1 aromatic heterocycles. The van der Waals surface area contributed by atoms with Crippen molar-refractivity contribution in [3.8, 4) is 28.6 Å². The number of nitrogens with one attached hydrogen (secondary N) is 2. The molecule has 3 aromatic carbocycles. The van der Waals surface area contributed by atoms with Crippen molar-refractivity contribution in [1.82, 2.24) is 20.2 Å². The molecule has 0 bridgehead atoms. The Kier molecular flexibility index (Phi) is 7.91. The molecule has 0 radical (unpaired) electrons. The summed E-state index contributed by atoms with van der Waals surface area (Å²) in [7, 11) is 1.60. The number of ether oxygens (including phenoxy) is 2. The number of alkyl halides is 3. The Hall–Kier alpha value is -4.45. The third-order valence-corrected chi connectivity index (χ3v) is 5.47. The van der Waals surface area contributed by atoms with Crippen molar-refractivity contribution in [2.24, 2.45) is 5.10 Å². The molecule has 0 aliphatic rings. The van der Waals surface area contributed by atoms with Crippen LogP contribution in [0.15, 0.2) is 72.1 Å². The number of aromatic nitrogens is 3. The van der Waals surface area contributed by atoms with Crippen LogP contribution in [0.3, 0.4) is 0 Å². The zero-order valence-electron chi connectivity index (χ0n) is 20.6. The Bertz CT molecular complexity index is 1450. The molecule has 0 aliphatic carbocycles. The number of halogens is 3. The van der Waals surface area contributed by atoms with Crippen molar-refractivity contribution in [3.05, 3.63) is 83.7 Å². The van der Waals surface area contributed by atoms with E-state index in [2.05, 4.69) is 30.7 Å². The van der Waals surface area contributed by atoms with E-state index in [0.717, 1.165) is 27.9 Å². The quantitative estimate of drug-likeness (QED) is 0.175. The molecule has 12 heteroatoms. The van der Waals surface area contributed by atoms with Crippen LogP contribution in [0.5, 0.6) is 11.5 Å². The van der Waals surface area contributed by atoms with Gasteiger partial charge in [0.2, 0.25) is 0 Å². The summed E-state index contributed by atoms with van der Waals surface area (Å²) in [6, 6.07) is 16.6. The maximum Gasteiger partial charge on any atom is 0.573 e. The standard InChI is InChI=1S/C26H23F3N6O2S/c1-16-12-17(2)23(22(13-16)36-3)32-25(38)33-31-14-18-4-6-19(7-5-18)24-30-15-35(34-24)20-8-10-21(11-9-20)37-26(27,28)29/h4-15H,1-3H3,(H2,32,33,38)/b31-14+. The first-order valence-electron chi connectivity index (χ1n) is 11.2. The summed E-state index contributed by atoms with van der Waals surface area (Å²) in [6.07, 6.45) is -1.65. The number of rotatable bonds is 7. The Morgan fingerprint density at radius 2 is 1.76 bits per heavy atom. The van der Waals surface area contributed by atoms with Gasteiger partial charge in [0.15, 0.2) is 10.9 Å². The molecule has 196 valence electrons. The molecule has 4 rings (SSSR count). The highest BCUT2D eigenvalue weighted by Crippen LogP contribution is 2.29. The Morgan fingerprint density at radius 1 is 1.05 bits per heavy atom. The molecular weight excluding hydrogens is 517 g/mol. The molecule has 0 saturated heterocycles. The number of nitrogens with zero attached hydrogens (tertiary/aromatic N) is 4. The predicted octanol–water partition coefficient (Wildman–Crippen LogP) is 5.78. The van der Waals surface area contributed by atoms with Gasteiger partial charge in [-0.25, -0.2) is 9.67 Å². The average molecular weight is 541 g/mol. The van der Waals surface area contributed by atoms with Gasteiger partial charge in [-0.2, -0.15) is 5.10 Å². The SMILES string of the molecule is COc1cc(C)cc(C)c1NC(=S)N/N=C/c1ccc(-c2ncn(-c3ccc(OC(F)(F)F)cc3)n2)cc1. The third kappa shape index (κ3) is 6.85. The highest BCUT2D eigenvalue weighted by atomic mass is 32.1. The summed E-state index contributed by atoms with van der Waals surface area (Å²) in [5.41, 5.74) is 7.75. The van der Waals surface area contributed by atoms with Crippen molar-refractivity contribution in [2.75, 3.05) is 12.4 Å². The topological polar surface area (TPSA) is 85.6 Å². The lowest BCUT2D eigenvalue weighted by Gasteiger charge is -2.15. The molecule has 1 heterocycles. The van der Waals surface area contributed by atoms with Crippen molar-refractivity contribution >= 4 is 29.2 Å². The summed E-state index contributed by atoms with van der Waals surface area (Å²) in [5.74, 6) is 0.833. The highest BCUT2D eigenvalue weighted by molar-refractivity contribution is 7.80. The number of hydrogen-bond donors (Lipinski definition) is 2. The van der Waals surface area contributed by atoms with Crippen LogP contribution in [0.2, 0.25) is 0 Å². The van der Waals surface area contributed by atoms with Crippen molar-refractivity contribution in [2.45, 2.75) is 20.2 Å². The summed E-state index contributed by atoms with van der Waals surface area (Å²) in [5, 5.41) is 12.0. The fourth-order valence-electron chi connectivity index (χ4n) is 3.60. The molecule has 0 saturated carbocycles. The number of methoxy groups -OCH3 is 1. The summed E-state index contributed by atoms with van der Waals surface area (Å²) in [6.45, 7) is 3.96. The van der Waals surface area contributed by atoms with E-state index >= 15 is 0 Å². The maximum atomic E-state index is 12.3. The van der Waals surface area contributed by atoms with Gasteiger partial charge in [0.05, 0.1) is 24.7 Å². The van der Waals surface area contributed by atoms with Gasteiger partial charge in [-0.05, 0) is 73.1 Å². The van der Waals surface area contributed by atoms with E-state index in [4.69, 9.17) is 17.0 Å². The second-order valence-electron chi connectivity index (χ2n) is 8.16. The molecular formula is C26H23F3N6O2S. The lowest BCUT2D eigenvalue weighted by atomic mass is 10.1. The zero-order valence-corrected chi connectivity index (χ0v) is 21.4. The normalized spacial score (nSPS) is 11.4. The average Bonchev–Trinajstić information content (AvgIpc) is 3.36. The molecule has 0 atom stereocenters. The van der Waals surface area contributed by atoms with Gasteiger partial charge in [0.1, 0.15) is 17.8 Å². The fraction of sp³-hybridized carbons (Fsp3) is 0.154. The van der Waals surface area contributed by atoms with Crippen LogP contribution in [0.1, 0.15) is 16.7 Å². The van der Waals surface area contributed by atoms with Crippen LogP contribution in [-0.2, 0) is 0 Å². The fourth-order valence-corrected chi connectivity index (χ4v) is 3.75. The van der Waals surface area contributed by atoms with E-state index in [1.54, 1.807) is 13.3 Å². The Balaban J connectivity index is 1.36. The summed E-state index contributed by atoms with van der Waals surface area (Å²) >= 11 is 5.34. The molecule has 0 amide bonds. The number of anilines is 1. The van der Waals surface area contributed by atoms with Gasteiger partial charge in [0, 0.05) is 5.56 Å². The number of hydrogen-bond acceptors (Lipinski definition) is 6. The first-order chi connectivity index (χ1) is 18.1. The van der Waals surface area contributed by atoms with Crippen LogP contribution in [0.4, 0.5) is 18.9 Å². The van der Waals surface area contributed by atoms with Crippen molar-refractivity contribution in [3.63, 3.8) is 0 Å². The van der Waals surface area contributed by atoms with Gasteiger partial charge in [-0.3, -0.25) is 5.43 Å². The molecule has 8 nitrogen and oxygen atoms in total. The summed E-state index contributed by atoms with van der Waals surface area (Å²) < 4.78 is 47.8. The van der Waals surface area contributed by atoms with E-state index in [1.807, 2.05) is 50.2 Å². The minimum atomic E-state index is -4.74. The van der Waals surface area contributed by atoms with Crippen LogP contribution < -0.4 is 20.2 Å². The number of thiocarbonyl (C=S) groups is 1. The second kappa shape index (κ2) is 11.3. The largest absolute Gasteiger partial charge is 0.573 e. The Morgan fingerprint density at radius 3 is 2.42 bits per heavy atom. The van der Waals surface area contributed by atoms with Crippen LogP contribution in [-0.4, -0.2) is 39.6 Å². The van der Waals surface area contributed by atoms with Gasteiger partial charge in [0.25, 0.3) is 0 Å². The zero-order chi connectivity index (χ0) is 27.3. The molecule has 0 unspecified atom stereocenters. The van der Waals surface area contributed by atoms with Crippen LogP contribution in [0, 0.1) is 13.8 Å². The smallest absolute Gasteiger partial charge is 0.495 e. The van der Waals surface area contributed by atoms with Gasteiger partial charge >= 0.3 is 6.36 Å². The third-order valence-electron chi connectivity index (χ3n) is 5.28. The lowest BCUT2D eigenvalue weighted by molar-refractivity contribution is -0.274. The first-order valence-corrected chi connectivity index (χ1v) is 11.7. The lowest BCUT2D eigenvalue weighted by Crippen LogP contribution is -2.24. The highest BCUT2D eigenvalue weighted by Gasteiger charge is 2.31. The van der Waals surface area contributed by atoms with E-state index in [0.29, 0.717) is 22.4 Å². The van der Waals surface area contributed by atoms with E-state index in [-0.39, 0.29) is 5.75 Å². The number of hydrazone groups is 1. The van der Waals surface area contributed by atoms with E-state index in [1.165, 1.54) is 35.3 Å². The van der Waals surface area contributed by atoms with Crippen LogP contribution >= 0.6 is 12.2 Å². The molecule has 38 heavy (non-hydrogen) atoms. The molecule has 0 aliphatic heterocycles. The first kappa shape index (κ1) is 26.6. The molecule has 4 aromatic rings. The molecule has 0 spiro atoms. The summed E-state index contributed by atoms with van der Waals surface area (Å²) in [4.78, 5) is 4.29. The maximum absolute atomic E-state index is 12.3. The minimum Gasteiger partial charge on any atom is -0.495 e. The number of aryl methyl sites for hydroxylation is 2. The minimum absolute atomic E-state index is 0.310. The predicted molar refractivity (Wildman–Crippen MR) is 143 cm³/mol. The van der Waals surface area contributed by atoms with E-state index < -0.39 is 6.36 Å². The van der Waals surface area contributed by atoms with E-state index in [9.17, 15) is 13.2 Å². The van der Waals surface area contributed by atoms with Crippen molar-refractivity contribution in [1.29, 1.82) is 0 Å². The molecule has 2 N–H and O–H groups in total. The monoisotopic (exact) mass is 540 g/mol. The second-order valence-corrected chi connectivity index (χ2v) is 8.57. The Labute approximate surface area is 222 Å². The van der Waals surface area contributed by atoms with Gasteiger partial charge in [-0.15, -0.1) is 18.3 Å².